The van der Waals surface area contributed by atoms with Crippen LogP contribution in [0.1, 0.15) is 24.4 Å². The van der Waals surface area contributed by atoms with E-state index in [9.17, 15) is 0 Å². The molecule has 0 radical (unpaired) electrons. The number of rotatable bonds is 6. The Morgan fingerprint density at radius 3 is 3.05 bits per heavy atom. The van der Waals surface area contributed by atoms with E-state index < -0.39 is 0 Å². The summed E-state index contributed by atoms with van der Waals surface area (Å²) >= 11 is 1.59. The summed E-state index contributed by atoms with van der Waals surface area (Å²) in [5, 5.41) is 17.8. The van der Waals surface area contributed by atoms with E-state index in [1.165, 1.54) is 5.56 Å². The first-order valence-corrected chi connectivity index (χ1v) is 7.70. The van der Waals surface area contributed by atoms with Gasteiger partial charge in [0.15, 0.2) is 0 Å². The second-order valence-electron chi connectivity index (χ2n) is 4.88. The maximum Gasteiger partial charge on any atom is 0.257 e. The fourth-order valence-corrected chi connectivity index (χ4v) is 2.63. The van der Waals surface area contributed by atoms with Crippen molar-refractivity contribution in [3.8, 4) is 10.8 Å². The van der Waals surface area contributed by atoms with Gasteiger partial charge in [0, 0.05) is 12.7 Å². The van der Waals surface area contributed by atoms with Crippen LogP contribution in [0, 0.1) is 6.92 Å². The van der Waals surface area contributed by atoms with Crippen LogP contribution in [0.4, 0.5) is 0 Å². The lowest BCUT2D eigenvalue weighted by Gasteiger charge is -2.09. The fraction of sp³-hybridized carbons (Fsp3) is 0.357. The van der Waals surface area contributed by atoms with E-state index in [1.807, 2.05) is 48.4 Å². The predicted octanol–water partition coefficient (Wildman–Crippen LogP) is 2.65. The lowest BCUT2D eigenvalue weighted by atomic mass is 10.3. The molecule has 21 heavy (non-hydrogen) atoms. The van der Waals surface area contributed by atoms with Crippen molar-refractivity contribution in [3.05, 3.63) is 41.4 Å². The topological polar surface area (TPSA) is 68.8 Å². The first-order valence-electron chi connectivity index (χ1n) is 6.82. The molecule has 0 aliphatic rings. The van der Waals surface area contributed by atoms with Gasteiger partial charge >= 0.3 is 0 Å². The van der Waals surface area contributed by atoms with Gasteiger partial charge in [0.05, 0.1) is 23.7 Å². The molecular weight excluding hydrogens is 286 g/mol. The zero-order valence-corrected chi connectivity index (χ0v) is 12.8. The lowest BCUT2D eigenvalue weighted by molar-refractivity contribution is 0.411. The summed E-state index contributed by atoms with van der Waals surface area (Å²) in [5.41, 5.74) is 1.17. The minimum atomic E-state index is 0.0165. The van der Waals surface area contributed by atoms with Crippen LogP contribution < -0.4 is 5.32 Å². The van der Waals surface area contributed by atoms with Gasteiger partial charge in [-0.2, -0.15) is 5.10 Å². The van der Waals surface area contributed by atoms with Crippen LogP contribution in [-0.4, -0.2) is 26.5 Å². The number of thiophene rings is 1. The highest BCUT2D eigenvalue weighted by atomic mass is 32.1. The number of hydrogen-bond donors (Lipinski definition) is 1. The average Bonchev–Trinajstić information content (AvgIpc) is 3.19. The molecule has 7 heteroatoms. The molecular formula is C14H17N5OS. The van der Waals surface area contributed by atoms with Crippen LogP contribution in [0.2, 0.25) is 0 Å². The van der Waals surface area contributed by atoms with E-state index in [-0.39, 0.29) is 6.04 Å². The van der Waals surface area contributed by atoms with Crippen LogP contribution in [-0.2, 0) is 6.54 Å². The molecule has 0 aliphatic carbocycles. The van der Waals surface area contributed by atoms with Gasteiger partial charge in [-0.1, -0.05) is 6.07 Å². The minimum Gasteiger partial charge on any atom is -0.418 e. The molecule has 1 atom stereocenters. The van der Waals surface area contributed by atoms with Crippen molar-refractivity contribution < 1.29 is 4.42 Å². The Morgan fingerprint density at radius 1 is 1.43 bits per heavy atom. The van der Waals surface area contributed by atoms with Crippen LogP contribution in [0.5, 0.6) is 0 Å². The zero-order valence-electron chi connectivity index (χ0n) is 12.0. The van der Waals surface area contributed by atoms with Gasteiger partial charge in [0.1, 0.15) is 0 Å². The normalized spacial score (nSPS) is 12.7. The molecule has 0 aromatic carbocycles. The highest BCUT2D eigenvalue weighted by molar-refractivity contribution is 7.13. The molecule has 110 valence electrons. The number of nitrogens with one attached hydrogen (secondary N) is 1. The molecule has 1 N–H and O–H groups in total. The molecule has 1 unspecified atom stereocenters. The Labute approximate surface area is 126 Å². The first-order chi connectivity index (χ1) is 10.2. The molecule has 0 amide bonds. The molecule has 0 bridgehead atoms. The van der Waals surface area contributed by atoms with Gasteiger partial charge in [-0.05, 0) is 30.9 Å². The minimum absolute atomic E-state index is 0.0165. The van der Waals surface area contributed by atoms with E-state index in [2.05, 4.69) is 20.6 Å². The largest absolute Gasteiger partial charge is 0.418 e. The van der Waals surface area contributed by atoms with E-state index in [0.717, 1.165) is 18.0 Å². The molecule has 0 saturated heterocycles. The molecule has 6 nitrogen and oxygen atoms in total. The van der Waals surface area contributed by atoms with Gasteiger partial charge in [0.2, 0.25) is 5.89 Å². The van der Waals surface area contributed by atoms with Crippen molar-refractivity contribution in [1.29, 1.82) is 0 Å². The van der Waals surface area contributed by atoms with Crippen LogP contribution in [0.3, 0.4) is 0 Å². The molecule has 3 heterocycles. The number of aryl methyl sites for hydroxylation is 1. The van der Waals surface area contributed by atoms with Crippen molar-refractivity contribution in [2.45, 2.75) is 26.4 Å². The van der Waals surface area contributed by atoms with E-state index >= 15 is 0 Å². The van der Waals surface area contributed by atoms with Crippen molar-refractivity contribution in [2.75, 3.05) is 6.54 Å². The molecule has 0 saturated carbocycles. The quantitative estimate of drug-likeness (QED) is 0.758. The van der Waals surface area contributed by atoms with Crippen LogP contribution in [0.15, 0.2) is 34.3 Å². The Hall–Kier alpha value is -1.99. The summed E-state index contributed by atoms with van der Waals surface area (Å²) in [6.45, 7) is 5.65. The van der Waals surface area contributed by atoms with Gasteiger partial charge in [-0.25, -0.2) is 0 Å². The third-order valence-corrected chi connectivity index (χ3v) is 3.95. The number of nitrogens with zero attached hydrogens (tertiary/aromatic N) is 4. The molecule has 3 rings (SSSR count). The molecule has 0 spiro atoms. The molecule has 0 aliphatic heterocycles. The monoisotopic (exact) mass is 303 g/mol. The van der Waals surface area contributed by atoms with Gasteiger partial charge < -0.3 is 9.73 Å². The predicted molar refractivity (Wildman–Crippen MR) is 81.0 cm³/mol. The summed E-state index contributed by atoms with van der Waals surface area (Å²) in [5.74, 6) is 1.19. The standard InChI is InChI=1S/C14H17N5OS/c1-10-8-16-19(9-10)6-5-15-11(2)13-17-18-14(20-13)12-4-3-7-21-12/h3-4,7-9,11,15H,5-6H2,1-2H3. The number of aromatic nitrogens is 4. The van der Waals surface area contributed by atoms with Gasteiger partial charge in [0.25, 0.3) is 5.89 Å². The summed E-state index contributed by atoms with van der Waals surface area (Å²) in [4.78, 5) is 0.993. The highest BCUT2D eigenvalue weighted by Crippen LogP contribution is 2.24. The van der Waals surface area contributed by atoms with Crippen LogP contribution >= 0.6 is 11.3 Å². The third-order valence-electron chi connectivity index (χ3n) is 3.10. The van der Waals surface area contributed by atoms with Crippen molar-refractivity contribution in [3.63, 3.8) is 0 Å². The molecule has 3 aromatic heterocycles. The molecule has 3 aromatic rings. The Bertz CT molecular complexity index is 688. The number of hydrogen-bond acceptors (Lipinski definition) is 6. The Kier molecular flexibility index (Phi) is 4.12. The lowest BCUT2D eigenvalue weighted by Crippen LogP contribution is -2.23. The van der Waals surface area contributed by atoms with E-state index in [0.29, 0.717) is 11.8 Å². The highest BCUT2D eigenvalue weighted by Gasteiger charge is 2.14. The van der Waals surface area contributed by atoms with Gasteiger partial charge in [-0.15, -0.1) is 21.5 Å². The first kappa shape index (κ1) is 14.0. The molecule has 0 fully saturated rings. The Balaban J connectivity index is 1.54. The second kappa shape index (κ2) is 6.19. The Morgan fingerprint density at radius 2 is 2.33 bits per heavy atom. The van der Waals surface area contributed by atoms with E-state index in [4.69, 9.17) is 4.42 Å². The summed E-state index contributed by atoms with van der Waals surface area (Å²) in [6, 6.07) is 3.96. The van der Waals surface area contributed by atoms with Crippen molar-refractivity contribution >= 4 is 11.3 Å². The average molecular weight is 303 g/mol. The summed E-state index contributed by atoms with van der Waals surface area (Å²) in [7, 11) is 0. The van der Waals surface area contributed by atoms with Crippen molar-refractivity contribution in [2.24, 2.45) is 0 Å². The zero-order chi connectivity index (χ0) is 14.7. The van der Waals surface area contributed by atoms with Crippen LogP contribution in [0.25, 0.3) is 10.8 Å². The SMILES string of the molecule is Cc1cnn(CCNC(C)c2nnc(-c3cccs3)o2)c1. The maximum absolute atomic E-state index is 5.70. The van der Waals surface area contributed by atoms with Crippen molar-refractivity contribution in [1.82, 2.24) is 25.3 Å². The third kappa shape index (κ3) is 3.37. The second-order valence-corrected chi connectivity index (χ2v) is 5.83. The smallest absolute Gasteiger partial charge is 0.257 e. The summed E-state index contributed by atoms with van der Waals surface area (Å²) < 4.78 is 7.62. The maximum atomic E-state index is 5.70. The van der Waals surface area contributed by atoms with Gasteiger partial charge in [-0.3, -0.25) is 4.68 Å². The van der Waals surface area contributed by atoms with E-state index in [1.54, 1.807) is 11.3 Å². The summed E-state index contributed by atoms with van der Waals surface area (Å²) in [6.07, 6.45) is 3.88. The fourth-order valence-electron chi connectivity index (χ4n) is 1.98.